The van der Waals surface area contributed by atoms with Crippen LogP contribution in [-0.2, 0) is 9.53 Å². The number of carbonyl (C=O) groups excluding carboxylic acids is 2. The number of nitrogens with one attached hydrogen (secondary N) is 2. The number of cyclic esters (lactones) is 1. The number of hydrogen-bond donors (Lipinski definition) is 2. The molecule has 3 heterocycles. The van der Waals surface area contributed by atoms with E-state index in [0.717, 1.165) is 30.9 Å². The number of ether oxygens (including phenoxy) is 1. The van der Waals surface area contributed by atoms with Crippen LogP contribution in [-0.4, -0.2) is 42.6 Å². The molecule has 1 aromatic heterocycles. The zero-order valence-corrected chi connectivity index (χ0v) is 12.8. The Kier molecular flexibility index (Phi) is 3.95. The molecule has 1 spiro atoms. The summed E-state index contributed by atoms with van der Waals surface area (Å²) >= 11 is 1.44. The molecular weight excluding hydrogens is 290 g/mol. The molecule has 1 atom stereocenters. The second-order valence-electron chi connectivity index (χ2n) is 5.72. The number of amides is 1. The van der Waals surface area contributed by atoms with Crippen LogP contribution < -0.4 is 10.6 Å². The van der Waals surface area contributed by atoms with Crippen LogP contribution in [0.2, 0.25) is 0 Å². The molecule has 0 bridgehead atoms. The minimum Gasteiger partial charge on any atom is -0.460 e. The van der Waals surface area contributed by atoms with Gasteiger partial charge in [0.25, 0.3) is 5.91 Å². The Bertz CT molecular complexity index is 551. The standard InChI is InChI=1S/C14H19N3O3S/c1-9-17-11(8-21-9)12(18)16-7-10-6-14(13(19)20-10)2-4-15-5-3-14/h8,10,15H,2-7H2,1H3,(H,16,18). The molecule has 7 heteroatoms. The van der Waals surface area contributed by atoms with Crippen molar-refractivity contribution < 1.29 is 14.3 Å². The van der Waals surface area contributed by atoms with Gasteiger partial charge in [0.1, 0.15) is 11.8 Å². The summed E-state index contributed by atoms with van der Waals surface area (Å²) in [7, 11) is 0. The second kappa shape index (κ2) is 5.73. The van der Waals surface area contributed by atoms with Crippen LogP contribution >= 0.6 is 11.3 Å². The third-order valence-electron chi connectivity index (χ3n) is 4.23. The van der Waals surface area contributed by atoms with Crippen LogP contribution in [0.25, 0.3) is 0 Å². The molecule has 2 N–H and O–H groups in total. The van der Waals surface area contributed by atoms with Gasteiger partial charge in [0.2, 0.25) is 0 Å². The maximum atomic E-state index is 12.1. The molecule has 2 fully saturated rings. The predicted molar refractivity (Wildman–Crippen MR) is 78.2 cm³/mol. The van der Waals surface area contributed by atoms with E-state index in [0.29, 0.717) is 18.7 Å². The zero-order chi connectivity index (χ0) is 14.9. The largest absolute Gasteiger partial charge is 0.460 e. The van der Waals surface area contributed by atoms with Crippen LogP contribution in [0.4, 0.5) is 0 Å². The van der Waals surface area contributed by atoms with Gasteiger partial charge >= 0.3 is 5.97 Å². The number of thiazole rings is 1. The molecule has 2 saturated heterocycles. The fraction of sp³-hybridized carbons (Fsp3) is 0.643. The summed E-state index contributed by atoms with van der Waals surface area (Å²) in [5.41, 5.74) is 0.0936. The van der Waals surface area contributed by atoms with E-state index in [9.17, 15) is 9.59 Å². The number of carbonyl (C=O) groups is 2. The van der Waals surface area contributed by atoms with E-state index >= 15 is 0 Å². The summed E-state index contributed by atoms with van der Waals surface area (Å²) in [5, 5.41) is 8.67. The van der Waals surface area contributed by atoms with E-state index in [1.165, 1.54) is 11.3 Å². The molecule has 6 nitrogen and oxygen atoms in total. The third-order valence-corrected chi connectivity index (χ3v) is 5.00. The monoisotopic (exact) mass is 309 g/mol. The summed E-state index contributed by atoms with van der Waals surface area (Å²) in [4.78, 5) is 28.2. The lowest BCUT2D eigenvalue weighted by Crippen LogP contribution is -2.39. The fourth-order valence-electron chi connectivity index (χ4n) is 3.03. The van der Waals surface area contributed by atoms with Gasteiger partial charge in [-0.25, -0.2) is 4.98 Å². The Labute approximate surface area is 127 Å². The number of aromatic nitrogens is 1. The maximum absolute atomic E-state index is 12.1. The maximum Gasteiger partial charge on any atom is 0.312 e. The van der Waals surface area contributed by atoms with Gasteiger partial charge < -0.3 is 15.4 Å². The number of piperidine rings is 1. The third kappa shape index (κ3) is 2.94. The minimum absolute atomic E-state index is 0.104. The van der Waals surface area contributed by atoms with E-state index in [-0.39, 0.29) is 23.4 Å². The number of aryl methyl sites for hydroxylation is 1. The van der Waals surface area contributed by atoms with Crippen molar-refractivity contribution in [3.63, 3.8) is 0 Å². The number of esters is 1. The van der Waals surface area contributed by atoms with Gasteiger partial charge in [0, 0.05) is 11.8 Å². The van der Waals surface area contributed by atoms with E-state index in [4.69, 9.17) is 4.74 Å². The van der Waals surface area contributed by atoms with Crippen molar-refractivity contribution in [2.45, 2.75) is 32.3 Å². The van der Waals surface area contributed by atoms with Crippen molar-refractivity contribution in [2.24, 2.45) is 5.41 Å². The van der Waals surface area contributed by atoms with E-state index < -0.39 is 0 Å². The van der Waals surface area contributed by atoms with Crippen molar-refractivity contribution >= 4 is 23.2 Å². The van der Waals surface area contributed by atoms with Crippen molar-refractivity contribution in [2.75, 3.05) is 19.6 Å². The smallest absolute Gasteiger partial charge is 0.312 e. The molecule has 0 saturated carbocycles. The Balaban J connectivity index is 1.55. The van der Waals surface area contributed by atoms with Crippen molar-refractivity contribution in [3.8, 4) is 0 Å². The summed E-state index contributed by atoms with van der Waals surface area (Å²) in [5.74, 6) is -0.311. The average molecular weight is 309 g/mol. The summed E-state index contributed by atoms with van der Waals surface area (Å²) < 4.78 is 5.45. The van der Waals surface area contributed by atoms with Gasteiger partial charge in [-0.15, -0.1) is 11.3 Å². The first-order valence-electron chi connectivity index (χ1n) is 7.21. The van der Waals surface area contributed by atoms with Gasteiger partial charge in [-0.1, -0.05) is 0 Å². The van der Waals surface area contributed by atoms with Crippen LogP contribution in [0, 0.1) is 12.3 Å². The van der Waals surface area contributed by atoms with Gasteiger partial charge in [-0.05, 0) is 32.9 Å². The molecule has 1 aromatic rings. The van der Waals surface area contributed by atoms with E-state index in [2.05, 4.69) is 15.6 Å². The minimum atomic E-state index is -0.335. The topological polar surface area (TPSA) is 80.3 Å². The van der Waals surface area contributed by atoms with Crippen molar-refractivity contribution in [3.05, 3.63) is 16.1 Å². The van der Waals surface area contributed by atoms with Crippen LogP contribution in [0.5, 0.6) is 0 Å². The fourth-order valence-corrected chi connectivity index (χ4v) is 3.62. The summed E-state index contributed by atoms with van der Waals surface area (Å²) in [6, 6.07) is 0. The second-order valence-corrected chi connectivity index (χ2v) is 6.79. The molecular formula is C14H19N3O3S. The number of hydrogen-bond acceptors (Lipinski definition) is 6. The van der Waals surface area contributed by atoms with Crippen LogP contribution in [0.3, 0.4) is 0 Å². The zero-order valence-electron chi connectivity index (χ0n) is 12.0. The average Bonchev–Trinajstić information content (AvgIpc) is 3.03. The lowest BCUT2D eigenvalue weighted by molar-refractivity contribution is -0.149. The van der Waals surface area contributed by atoms with E-state index in [1.54, 1.807) is 5.38 Å². The molecule has 0 aromatic carbocycles. The Morgan fingerprint density at radius 1 is 1.57 bits per heavy atom. The number of nitrogens with zero attached hydrogens (tertiary/aromatic N) is 1. The van der Waals surface area contributed by atoms with Crippen molar-refractivity contribution in [1.29, 1.82) is 0 Å². The molecule has 114 valence electrons. The summed E-state index contributed by atoms with van der Waals surface area (Å²) in [6.07, 6.45) is 2.12. The van der Waals surface area contributed by atoms with E-state index in [1.807, 2.05) is 6.92 Å². The van der Waals surface area contributed by atoms with Gasteiger partial charge in [0.15, 0.2) is 0 Å². The molecule has 3 rings (SSSR count). The summed E-state index contributed by atoms with van der Waals surface area (Å²) in [6.45, 7) is 3.93. The first-order chi connectivity index (χ1) is 10.1. The first kappa shape index (κ1) is 14.5. The lowest BCUT2D eigenvalue weighted by atomic mass is 9.76. The highest BCUT2D eigenvalue weighted by molar-refractivity contribution is 7.09. The molecule has 2 aliphatic rings. The predicted octanol–water partition coefficient (Wildman–Crippen LogP) is 0.867. The normalized spacial score (nSPS) is 24.0. The van der Waals surface area contributed by atoms with Gasteiger partial charge in [-0.3, -0.25) is 9.59 Å². The molecule has 2 aliphatic heterocycles. The molecule has 0 aliphatic carbocycles. The quantitative estimate of drug-likeness (QED) is 0.810. The van der Waals surface area contributed by atoms with Gasteiger partial charge in [0.05, 0.1) is 17.0 Å². The Hall–Kier alpha value is -1.47. The van der Waals surface area contributed by atoms with Crippen LogP contribution in [0.1, 0.15) is 34.8 Å². The van der Waals surface area contributed by atoms with Crippen LogP contribution in [0.15, 0.2) is 5.38 Å². The SMILES string of the molecule is Cc1nc(C(=O)NCC2CC3(CCNCC3)C(=O)O2)cs1. The molecule has 0 radical (unpaired) electrons. The highest BCUT2D eigenvalue weighted by Crippen LogP contribution is 2.41. The highest BCUT2D eigenvalue weighted by atomic mass is 32.1. The molecule has 21 heavy (non-hydrogen) atoms. The van der Waals surface area contributed by atoms with Gasteiger partial charge in [-0.2, -0.15) is 0 Å². The molecule has 1 amide bonds. The first-order valence-corrected chi connectivity index (χ1v) is 8.09. The Morgan fingerprint density at radius 2 is 2.33 bits per heavy atom. The Morgan fingerprint density at radius 3 is 3.00 bits per heavy atom. The number of rotatable bonds is 3. The lowest BCUT2D eigenvalue weighted by Gasteiger charge is -2.29. The highest BCUT2D eigenvalue weighted by Gasteiger charge is 2.49. The van der Waals surface area contributed by atoms with Crippen molar-refractivity contribution in [1.82, 2.24) is 15.6 Å². The molecule has 1 unspecified atom stereocenters.